The molecule has 4 nitrogen and oxygen atoms in total. The van der Waals surface area contributed by atoms with Crippen molar-refractivity contribution in [3.8, 4) is 0 Å². The molecular weight excluding hydrogens is 238 g/mol. The summed E-state index contributed by atoms with van der Waals surface area (Å²) < 4.78 is 7.50. The molecule has 2 aromatic rings. The molecule has 0 aliphatic carbocycles. The van der Waals surface area contributed by atoms with Crippen LogP contribution in [0.5, 0.6) is 0 Å². The predicted octanol–water partition coefficient (Wildman–Crippen LogP) is 1.74. The molecule has 0 unspecified atom stereocenters. The molecule has 3 rings (SSSR count). The summed E-state index contributed by atoms with van der Waals surface area (Å²) in [5.41, 5.74) is 2.11. The molecule has 5 heteroatoms. The number of benzene rings is 1. The van der Waals surface area contributed by atoms with E-state index in [-0.39, 0.29) is 0 Å². The van der Waals surface area contributed by atoms with Crippen molar-refractivity contribution in [1.29, 1.82) is 0 Å². The van der Waals surface area contributed by atoms with Gasteiger partial charge in [0.15, 0.2) is 0 Å². The van der Waals surface area contributed by atoms with Crippen LogP contribution in [0.15, 0.2) is 24.3 Å². The van der Waals surface area contributed by atoms with E-state index < -0.39 is 0 Å². The van der Waals surface area contributed by atoms with E-state index in [0.29, 0.717) is 5.88 Å². The SMILES string of the molecule is ClCc1nc2ccccc2n1N1CCOCC1. The first-order valence-electron chi connectivity index (χ1n) is 5.75. The highest BCUT2D eigenvalue weighted by Crippen LogP contribution is 2.18. The molecular formula is C12H14ClN3O. The molecule has 0 amide bonds. The number of fused-ring (bicyclic) bond motifs is 1. The smallest absolute Gasteiger partial charge is 0.143 e. The lowest BCUT2D eigenvalue weighted by molar-refractivity contribution is 0.111. The molecule has 0 spiro atoms. The third-order valence-corrected chi connectivity index (χ3v) is 3.23. The van der Waals surface area contributed by atoms with Gasteiger partial charge >= 0.3 is 0 Å². The van der Waals surface area contributed by atoms with Crippen molar-refractivity contribution in [2.24, 2.45) is 0 Å². The summed E-state index contributed by atoms with van der Waals surface area (Å²) in [6, 6.07) is 8.12. The van der Waals surface area contributed by atoms with Crippen LogP contribution in [-0.2, 0) is 10.6 Å². The predicted molar refractivity (Wildman–Crippen MR) is 68.1 cm³/mol. The maximum Gasteiger partial charge on any atom is 0.143 e. The van der Waals surface area contributed by atoms with Gasteiger partial charge in [0.2, 0.25) is 0 Å². The standard InChI is InChI=1S/C12H14ClN3O/c13-9-12-14-10-3-1-2-4-11(10)16(12)15-5-7-17-8-6-15/h1-4H,5-9H2. The monoisotopic (exact) mass is 251 g/mol. The van der Waals surface area contributed by atoms with Crippen molar-refractivity contribution < 1.29 is 4.74 Å². The Bertz CT molecular complexity index is 519. The van der Waals surface area contributed by atoms with Crippen molar-refractivity contribution in [1.82, 2.24) is 9.66 Å². The molecule has 2 heterocycles. The van der Waals surface area contributed by atoms with Crippen LogP contribution in [0.2, 0.25) is 0 Å². The first-order chi connectivity index (χ1) is 8.40. The molecule has 1 aromatic carbocycles. The highest BCUT2D eigenvalue weighted by Gasteiger charge is 2.17. The second kappa shape index (κ2) is 4.55. The number of morpholine rings is 1. The number of alkyl halides is 1. The number of para-hydroxylation sites is 2. The summed E-state index contributed by atoms with van der Waals surface area (Å²) >= 11 is 5.98. The lowest BCUT2D eigenvalue weighted by Gasteiger charge is -2.31. The van der Waals surface area contributed by atoms with Crippen LogP contribution in [0, 0.1) is 0 Å². The average molecular weight is 252 g/mol. The lowest BCUT2D eigenvalue weighted by Crippen LogP contribution is -2.44. The second-order valence-corrected chi connectivity index (χ2v) is 4.30. The van der Waals surface area contributed by atoms with Gasteiger partial charge < -0.3 is 9.75 Å². The Kier molecular flexibility index (Phi) is 2.91. The Hall–Kier alpha value is -1.26. The second-order valence-electron chi connectivity index (χ2n) is 4.03. The largest absolute Gasteiger partial charge is 0.378 e. The van der Waals surface area contributed by atoms with Crippen LogP contribution < -0.4 is 5.01 Å². The summed E-state index contributed by atoms with van der Waals surface area (Å²) in [5.74, 6) is 1.32. The fourth-order valence-corrected chi connectivity index (χ4v) is 2.39. The Labute approximate surface area is 105 Å². The van der Waals surface area contributed by atoms with Gasteiger partial charge in [0.25, 0.3) is 0 Å². The number of aromatic nitrogens is 2. The molecule has 1 saturated heterocycles. The number of ether oxygens (including phenoxy) is 1. The normalized spacial score (nSPS) is 16.6. The van der Waals surface area contributed by atoms with E-state index in [0.717, 1.165) is 43.2 Å². The first kappa shape index (κ1) is 10.9. The van der Waals surface area contributed by atoms with Gasteiger partial charge in [-0.25, -0.2) is 9.66 Å². The molecule has 0 N–H and O–H groups in total. The van der Waals surface area contributed by atoms with Crippen molar-refractivity contribution in [3.05, 3.63) is 30.1 Å². The van der Waals surface area contributed by atoms with Crippen molar-refractivity contribution in [2.75, 3.05) is 31.3 Å². The highest BCUT2D eigenvalue weighted by molar-refractivity contribution is 6.16. The van der Waals surface area contributed by atoms with Crippen molar-refractivity contribution >= 4 is 22.6 Å². The van der Waals surface area contributed by atoms with Crippen LogP contribution >= 0.6 is 11.6 Å². The first-order valence-corrected chi connectivity index (χ1v) is 6.29. The summed E-state index contributed by atoms with van der Waals surface area (Å²) in [6.07, 6.45) is 0. The third-order valence-electron chi connectivity index (χ3n) is 2.99. The van der Waals surface area contributed by atoms with Crippen molar-refractivity contribution in [2.45, 2.75) is 5.88 Å². The van der Waals surface area contributed by atoms with E-state index in [9.17, 15) is 0 Å². The van der Waals surface area contributed by atoms with Gasteiger partial charge in [0.05, 0.1) is 43.2 Å². The summed E-state index contributed by atoms with van der Waals surface area (Å²) in [5, 5.41) is 2.25. The zero-order chi connectivity index (χ0) is 11.7. The number of imidazole rings is 1. The fourth-order valence-electron chi connectivity index (χ4n) is 2.22. The van der Waals surface area contributed by atoms with Gasteiger partial charge in [-0.15, -0.1) is 11.6 Å². The molecule has 1 aliphatic rings. The van der Waals surface area contributed by atoms with E-state index in [1.807, 2.05) is 18.2 Å². The molecule has 90 valence electrons. The minimum Gasteiger partial charge on any atom is -0.378 e. The van der Waals surface area contributed by atoms with Crippen molar-refractivity contribution in [3.63, 3.8) is 0 Å². The van der Waals surface area contributed by atoms with E-state index in [1.54, 1.807) is 0 Å². The molecule has 0 bridgehead atoms. The maximum atomic E-state index is 5.98. The molecule has 1 fully saturated rings. The average Bonchev–Trinajstić information content (AvgIpc) is 2.78. The van der Waals surface area contributed by atoms with Crippen LogP contribution in [0.4, 0.5) is 0 Å². The highest BCUT2D eigenvalue weighted by atomic mass is 35.5. The molecule has 0 atom stereocenters. The zero-order valence-electron chi connectivity index (χ0n) is 9.47. The summed E-state index contributed by atoms with van der Waals surface area (Å²) in [4.78, 5) is 4.55. The van der Waals surface area contributed by atoms with Gasteiger partial charge in [0.1, 0.15) is 5.82 Å². The third kappa shape index (κ3) is 1.87. The summed E-state index contributed by atoms with van der Waals surface area (Å²) in [6.45, 7) is 3.27. The Morgan fingerprint density at radius 3 is 2.76 bits per heavy atom. The van der Waals surface area contributed by atoms with Crippen LogP contribution in [-0.4, -0.2) is 36.0 Å². The molecule has 17 heavy (non-hydrogen) atoms. The molecule has 1 aliphatic heterocycles. The Morgan fingerprint density at radius 2 is 2.00 bits per heavy atom. The number of hydrogen-bond donors (Lipinski definition) is 0. The quantitative estimate of drug-likeness (QED) is 0.762. The van der Waals surface area contributed by atoms with E-state index in [1.165, 1.54) is 0 Å². The molecule has 0 saturated carbocycles. The fraction of sp³-hybridized carbons (Fsp3) is 0.417. The van der Waals surface area contributed by atoms with E-state index >= 15 is 0 Å². The summed E-state index contributed by atoms with van der Waals surface area (Å²) in [7, 11) is 0. The van der Waals surface area contributed by atoms with Crippen LogP contribution in [0.1, 0.15) is 5.82 Å². The van der Waals surface area contributed by atoms with Gasteiger partial charge in [-0.3, -0.25) is 0 Å². The van der Waals surface area contributed by atoms with Crippen LogP contribution in [0.25, 0.3) is 11.0 Å². The van der Waals surface area contributed by atoms with Gasteiger partial charge in [0, 0.05) is 0 Å². The molecule has 0 radical (unpaired) electrons. The number of rotatable bonds is 2. The van der Waals surface area contributed by atoms with Crippen LogP contribution in [0.3, 0.4) is 0 Å². The Balaban J connectivity index is 2.11. The number of nitrogens with zero attached hydrogens (tertiary/aromatic N) is 3. The van der Waals surface area contributed by atoms with Gasteiger partial charge in [-0.05, 0) is 12.1 Å². The zero-order valence-corrected chi connectivity index (χ0v) is 10.2. The van der Waals surface area contributed by atoms with Gasteiger partial charge in [-0.1, -0.05) is 12.1 Å². The topological polar surface area (TPSA) is 30.3 Å². The number of halogens is 1. The van der Waals surface area contributed by atoms with Gasteiger partial charge in [-0.2, -0.15) is 0 Å². The van der Waals surface area contributed by atoms with E-state index in [2.05, 4.69) is 20.7 Å². The number of hydrogen-bond acceptors (Lipinski definition) is 3. The lowest BCUT2D eigenvalue weighted by atomic mass is 10.3. The Morgan fingerprint density at radius 1 is 1.24 bits per heavy atom. The molecule has 1 aromatic heterocycles. The minimum absolute atomic E-state index is 0.423. The minimum atomic E-state index is 0.423. The van der Waals surface area contributed by atoms with E-state index in [4.69, 9.17) is 16.3 Å². The maximum absolute atomic E-state index is 5.98.